The molecular formula is C22H38O2. The average molecular weight is 335 g/mol. The maximum atomic E-state index is 9.62. The maximum absolute atomic E-state index is 9.62. The summed E-state index contributed by atoms with van der Waals surface area (Å²) in [5.41, 5.74) is 1.39. The van der Waals surface area contributed by atoms with Gasteiger partial charge in [-0.15, -0.1) is 0 Å². The normalized spacial score (nSPS) is 29.5. The number of phenolic OH excluding ortho intramolecular Hbond substituents is 1. The monoisotopic (exact) mass is 334 g/mol. The van der Waals surface area contributed by atoms with E-state index in [4.69, 9.17) is 0 Å². The van der Waals surface area contributed by atoms with Crippen LogP contribution in [0.1, 0.15) is 90.5 Å². The van der Waals surface area contributed by atoms with Gasteiger partial charge in [-0.1, -0.05) is 39.8 Å². The molecule has 3 rings (SSSR count). The van der Waals surface area contributed by atoms with Crippen LogP contribution in [0.2, 0.25) is 0 Å². The van der Waals surface area contributed by atoms with Crippen molar-refractivity contribution in [2.75, 3.05) is 0 Å². The first-order valence-electron chi connectivity index (χ1n) is 10.2. The van der Waals surface area contributed by atoms with Crippen LogP contribution >= 0.6 is 0 Å². The Balaban J connectivity index is 0.000000671. The number of phenols is 1. The number of hydrogen-bond donors (Lipinski definition) is 2. The van der Waals surface area contributed by atoms with Crippen LogP contribution in [-0.2, 0) is 0 Å². The van der Waals surface area contributed by atoms with Crippen molar-refractivity contribution in [2.24, 2.45) is 11.8 Å². The van der Waals surface area contributed by atoms with Crippen molar-refractivity contribution in [3.8, 4) is 5.75 Å². The summed E-state index contributed by atoms with van der Waals surface area (Å²) in [5, 5.41) is 19.0. The van der Waals surface area contributed by atoms with E-state index in [0.717, 1.165) is 24.7 Å². The lowest BCUT2D eigenvalue weighted by Gasteiger charge is -2.37. The molecule has 2 saturated carbocycles. The summed E-state index contributed by atoms with van der Waals surface area (Å²) in [5.74, 6) is 2.79. The Hall–Kier alpha value is -1.02. The molecule has 2 heteroatoms. The van der Waals surface area contributed by atoms with Crippen LogP contribution in [0.15, 0.2) is 24.3 Å². The van der Waals surface area contributed by atoms with Crippen molar-refractivity contribution >= 4 is 0 Å². The van der Waals surface area contributed by atoms with Crippen molar-refractivity contribution in [2.45, 2.75) is 91.1 Å². The summed E-state index contributed by atoms with van der Waals surface area (Å²) in [6, 6.07) is 7.78. The molecule has 0 aliphatic heterocycles. The molecule has 0 heterocycles. The average Bonchev–Trinajstić information content (AvgIpc) is 2.66. The fraction of sp³-hybridized carbons (Fsp3) is 0.727. The van der Waals surface area contributed by atoms with E-state index in [0.29, 0.717) is 11.7 Å². The molecular weight excluding hydrogens is 296 g/mol. The van der Waals surface area contributed by atoms with Gasteiger partial charge in [0.05, 0.1) is 6.10 Å². The molecule has 2 fully saturated rings. The molecule has 1 aromatic carbocycles. The standard InChI is InChI=1S/C18H26O2.2C2H6/c19-17-9-5-15(6-10-17)13-1-2-14(4-3-13)16-7-11-18(20)12-8-16;2*1-2/h5-6,9-10,13-14,16,18-20H,1-4,7-8,11-12H2;2*1-2H3. The molecule has 0 aromatic heterocycles. The zero-order valence-corrected chi connectivity index (χ0v) is 16.2. The van der Waals surface area contributed by atoms with E-state index in [1.54, 1.807) is 0 Å². The molecule has 2 aliphatic rings. The third-order valence-electron chi connectivity index (χ3n) is 5.54. The quantitative estimate of drug-likeness (QED) is 0.669. The third-order valence-corrected chi connectivity index (χ3v) is 5.54. The summed E-state index contributed by atoms with van der Waals surface area (Å²) in [7, 11) is 0. The molecule has 0 spiro atoms. The van der Waals surface area contributed by atoms with Gasteiger partial charge in [-0.05, 0) is 86.8 Å². The van der Waals surface area contributed by atoms with Gasteiger partial charge in [0.2, 0.25) is 0 Å². The summed E-state index contributed by atoms with van der Waals surface area (Å²) >= 11 is 0. The molecule has 0 atom stereocenters. The van der Waals surface area contributed by atoms with Gasteiger partial charge in [-0.2, -0.15) is 0 Å². The molecule has 1 aromatic rings. The van der Waals surface area contributed by atoms with E-state index in [1.807, 2.05) is 39.8 Å². The fourth-order valence-corrected chi connectivity index (χ4v) is 4.24. The number of hydrogen-bond acceptors (Lipinski definition) is 2. The highest BCUT2D eigenvalue weighted by Crippen LogP contribution is 2.43. The molecule has 0 amide bonds. The largest absolute Gasteiger partial charge is 0.508 e. The Labute approximate surface area is 149 Å². The highest BCUT2D eigenvalue weighted by molar-refractivity contribution is 5.28. The van der Waals surface area contributed by atoms with Crippen LogP contribution in [0.25, 0.3) is 0 Å². The topological polar surface area (TPSA) is 40.5 Å². The second-order valence-corrected chi connectivity index (χ2v) is 6.77. The Bertz CT molecular complexity index is 410. The highest BCUT2D eigenvalue weighted by atomic mass is 16.3. The fourth-order valence-electron chi connectivity index (χ4n) is 4.24. The van der Waals surface area contributed by atoms with Crippen LogP contribution in [0.4, 0.5) is 0 Å². The van der Waals surface area contributed by atoms with Crippen LogP contribution < -0.4 is 0 Å². The Kier molecular flexibility index (Phi) is 10.1. The second kappa shape index (κ2) is 11.5. The summed E-state index contributed by atoms with van der Waals surface area (Å²) in [6.45, 7) is 8.00. The summed E-state index contributed by atoms with van der Waals surface area (Å²) in [6.07, 6.45) is 9.72. The predicted octanol–water partition coefficient (Wildman–Crippen LogP) is 6.27. The Morgan fingerprint density at radius 1 is 0.667 bits per heavy atom. The van der Waals surface area contributed by atoms with Gasteiger partial charge in [0, 0.05) is 0 Å². The third kappa shape index (κ3) is 6.12. The number of rotatable bonds is 2. The SMILES string of the molecule is CC.CC.Oc1ccc(C2CCC(C3CCC(O)CC3)CC2)cc1. The van der Waals surface area contributed by atoms with Crippen molar-refractivity contribution in [3.05, 3.63) is 29.8 Å². The van der Waals surface area contributed by atoms with Crippen LogP contribution in [0, 0.1) is 11.8 Å². The lowest BCUT2D eigenvalue weighted by molar-refractivity contribution is 0.0805. The summed E-state index contributed by atoms with van der Waals surface area (Å²) in [4.78, 5) is 0. The smallest absolute Gasteiger partial charge is 0.115 e. The van der Waals surface area contributed by atoms with E-state index in [1.165, 1.54) is 44.1 Å². The molecule has 138 valence electrons. The zero-order valence-electron chi connectivity index (χ0n) is 16.2. The number of benzene rings is 1. The maximum Gasteiger partial charge on any atom is 0.115 e. The van der Waals surface area contributed by atoms with Crippen LogP contribution in [0.5, 0.6) is 5.75 Å². The first kappa shape index (κ1) is 21.0. The molecule has 2 nitrogen and oxygen atoms in total. The van der Waals surface area contributed by atoms with Crippen molar-refractivity contribution in [1.82, 2.24) is 0 Å². The minimum absolute atomic E-state index is 0.0282. The van der Waals surface area contributed by atoms with Gasteiger partial charge in [-0.3, -0.25) is 0 Å². The minimum atomic E-state index is -0.0282. The van der Waals surface area contributed by atoms with Crippen molar-refractivity contribution in [1.29, 1.82) is 0 Å². The highest BCUT2D eigenvalue weighted by Gasteiger charge is 2.30. The van der Waals surface area contributed by atoms with Crippen LogP contribution in [0.3, 0.4) is 0 Å². The predicted molar refractivity (Wildman–Crippen MR) is 103 cm³/mol. The Morgan fingerprint density at radius 3 is 1.54 bits per heavy atom. The van der Waals surface area contributed by atoms with Gasteiger partial charge < -0.3 is 10.2 Å². The number of aliphatic hydroxyl groups excluding tert-OH is 1. The van der Waals surface area contributed by atoms with E-state index in [-0.39, 0.29) is 6.10 Å². The molecule has 2 N–H and O–H groups in total. The van der Waals surface area contributed by atoms with Gasteiger partial charge in [-0.25, -0.2) is 0 Å². The first-order valence-corrected chi connectivity index (χ1v) is 10.2. The van der Waals surface area contributed by atoms with E-state index in [9.17, 15) is 10.2 Å². The minimum Gasteiger partial charge on any atom is -0.508 e. The van der Waals surface area contributed by atoms with E-state index in [2.05, 4.69) is 12.1 Å². The molecule has 0 radical (unpaired) electrons. The molecule has 0 unspecified atom stereocenters. The van der Waals surface area contributed by atoms with Crippen molar-refractivity contribution < 1.29 is 10.2 Å². The molecule has 0 bridgehead atoms. The van der Waals surface area contributed by atoms with Gasteiger partial charge in [0.15, 0.2) is 0 Å². The lowest BCUT2D eigenvalue weighted by atomic mass is 9.69. The first-order chi connectivity index (χ1) is 11.7. The molecule has 0 saturated heterocycles. The summed E-state index contributed by atoms with van der Waals surface area (Å²) < 4.78 is 0. The number of aromatic hydroxyl groups is 1. The zero-order chi connectivity index (χ0) is 17.9. The van der Waals surface area contributed by atoms with Gasteiger partial charge in [0.1, 0.15) is 5.75 Å². The van der Waals surface area contributed by atoms with Gasteiger partial charge >= 0.3 is 0 Å². The lowest BCUT2D eigenvalue weighted by Crippen LogP contribution is -2.26. The molecule has 2 aliphatic carbocycles. The second-order valence-electron chi connectivity index (χ2n) is 6.77. The van der Waals surface area contributed by atoms with E-state index >= 15 is 0 Å². The van der Waals surface area contributed by atoms with E-state index < -0.39 is 0 Å². The van der Waals surface area contributed by atoms with Gasteiger partial charge in [0.25, 0.3) is 0 Å². The molecule has 24 heavy (non-hydrogen) atoms. The van der Waals surface area contributed by atoms with Crippen molar-refractivity contribution in [3.63, 3.8) is 0 Å². The number of aliphatic hydroxyl groups is 1. The van der Waals surface area contributed by atoms with Crippen LogP contribution in [-0.4, -0.2) is 16.3 Å². The Morgan fingerprint density at radius 2 is 1.08 bits per heavy atom.